The number of carbonyl (C=O) groups is 2. The molecule has 1 heterocycles. The van der Waals surface area contributed by atoms with Gasteiger partial charge in [-0.25, -0.2) is 0 Å². The average molecular weight is 360 g/mol. The summed E-state index contributed by atoms with van der Waals surface area (Å²) >= 11 is 0. The van der Waals surface area contributed by atoms with Gasteiger partial charge in [-0.05, 0) is 18.4 Å². The van der Waals surface area contributed by atoms with Crippen LogP contribution in [0.3, 0.4) is 0 Å². The van der Waals surface area contributed by atoms with Crippen molar-refractivity contribution in [1.29, 1.82) is 0 Å². The van der Waals surface area contributed by atoms with Gasteiger partial charge < -0.3 is 10.0 Å². The molecule has 7 nitrogen and oxygen atoms in total. The Morgan fingerprint density at radius 3 is 2.58 bits per heavy atom. The Kier molecular flexibility index (Phi) is 6.13. The summed E-state index contributed by atoms with van der Waals surface area (Å²) in [6, 6.07) is 5.12. The molecule has 1 amide bonds. The van der Waals surface area contributed by atoms with Crippen LogP contribution in [0.15, 0.2) is 35.6 Å². The number of Topliss-reactive ketones (excluding diaryl/α,β-unsaturated/α-hetero) is 1. The van der Waals surface area contributed by atoms with E-state index in [2.05, 4.69) is 0 Å². The van der Waals surface area contributed by atoms with E-state index < -0.39 is 22.6 Å². The summed E-state index contributed by atoms with van der Waals surface area (Å²) in [6.07, 6.45) is 1.64. The maximum absolute atomic E-state index is 12.7. The van der Waals surface area contributed by atoms with Crippen LogP contribution in [0.1, 0.15) is 51.6 Å². The van der Waals surface area contributed by atoms with Crippen molar-refractivity contribution in [3.8, 4) is 0 Å². The number of hydrogen-bond acceptors (Lipinski definition) is 5. The van der Waals surface area contributed by atoms with Gasteiger partial charge in [0.05, 0.1) is 22.1 Å². The van der Waals surface area contributed by atoms with Crippen molar-refractivity contribution in [2.75, 3.05) is 6.54 Å². The van der Waals surface area contributed by atoms with E-state index in [1.807, 2.05) is 20.8 Å². The molecule has 0 aromatic heterocycles. The van der Waals surface area contributed by atoms with E-state index in [9.17, 15) is 24.8 Å². The molecule has 0 saturated carbocycles. The Balaban J connectivity index is 2.59. The van der Waals surface area contributed by atoms with Gasteiger partial charge in [-0.1, -0.05) is 39.3 Å². The fourth-order valence-electron chi connectivity index (χ4n) is 3.19. The van der Waals surface area contributed by atoms with Gasteiger partial charge >= 0.3 is 0 Å². The fraction of sp³-hybridized carbons (Fsp3) is 0.474. The second-order valence-corrected chi connectivity index (χ2v) is 6.85. The van der Waals surface area contributed by atoms with Gasteiger partial charge in [0, 0.05) is 19.0 Å². The lowest BCUT2D eigenvalue weighted by atomic mass is 9.91. The molecule has 0 fully saturated rings. The van der Waals surface area contributed by atoms with Crippen LogP contribution in [0.5, 0.6) is 0 Å². The van der Waals surface area contributed by atoms with Crippen LogP contribution < -0.4 is 0 Å². The lowest BCUT2D eigenvalue weighted by Gasteiger charge is -2.26. The van der Waals surface area contributed by atoms with E-state index in [1.165, 1.54) is 23.1 Å². The van der Waals surface area contributed by atoms with E-state index in [-0.39, 0.29) is 34.9 Å². The molecule has 2 rings (SSSR count). The van der Waals surface area contributed by atoms with Crippen molar-refractivity contribution in [3.63, 3.8) is 0 Å². The number of benzene rings is 1. The predicted octanol–water partition coefficient (Wildman–Crippen LogP) is 3.71. The number of ketones is 1. The number of para-hydroxylation sites is 1. The van der Waals surface area contributed by atoms with Crippen LogP contribution in [0.4, 0.5) is 5.69 Å². The molecular weight excluding hydrogens is 336 g/mol. The van der Waals surface area contributed by atoms with E-state index in [1.54, 1.807) is 6.07 Å². The highest BCUT2D eigenvalue weighted by atomic mass is 16.6. The Labute approximate surface area is 152 Å². The van der Waals surface area contributed by atoms with E-state index in [4.69, 9.17) is 0 Å². The van der Waals surface area contributed by atoms with E-state index in [0.717, 1.165) is 6.42 Å². The highest BCUT2D eigenvalue weighted by Gasteiger charge is 2.45. The normalized spacial score (nSPS) is 17.3. The van der Waals surface area contributed by atoms with Gasteiger partial charge in [-0.15, -0.1) is 0 Å². The lowest BCUT2D eigenvalue weighted by Crippen LogP contribution is -2.32. The number of aliphatic hydroxyl groups excluding tert-OH is 1. The molecule has 0 aliphatic carbocycles. The van der Waals surface area contributed by atoms with Gasteiger partial charge in [0.15, 0.2) is 11.5 Å². The summed E-state index contributed by atoms with van der Waals surface area (Å²) in [5.41, 5.74) is 0.0450. The lowest BCUT2D eigenvalue weighted by molar-refractivity contribution is -0.385. The Morgan fingerprint density at radius 1 is 1.35 bits per heavy atom. The highest BCUT2D eigenvalue weighted by Crippen LogP contribution is 2.42. The number of nitro benzene ring substituents is 1. The Hall–Kier alpha value is -2.70. The quantitative estimate of drug-likeness (QED) is 0.562. The second kappa shape index (κ2) is 8.12. The minimum absolute atomic E-state index is 0.0332. The summed E-state index contributed by atoms with van der Waals surface area (Å²) in [5, 5.41) is 21.8. The summed E-state index contributed by atoms with van der Waals surface area (Å²) in [7, 11) is 0. The number of carbonyl (C=O) groups excluding carboxylic acids is 2. The van der Waals surface area contributed by atoms with Crippen molar-refractivity contribution in [2.24, 2.45) is 5.92 Å². The molecule has 1 aromatic carbocycles. The van der Waals surface area contributed by atoms with Crippen molar-refractivity contribution >= 4 is 17.4 Å². The molecule has 0 radical (unpaired) electrons. The third kappa shape index (κ3) is 3.76. The third-order valence-electron chi connectivity index (χ3n) is 4.38. The van der Waals surface area contributed by atoms with Crippen LogP contribution >= 0.6 is 0 Å². The van der Waals surface area contributed by atoms with E-state index >= 15 is 0 Å². The molecule has 1 N–H and O–H groups in total. The van der Waals surface area contributed by atoms with Gasteiger partial charge in [0.25, 0.3) is 11.6 Å². The number of unbranched alkanes of at least 4 members (excludes halogenated alkanes) is 1. The first-order chi connectivity index (χ1) is 12.3. The zero-order valence-corrected chi connectivity index (χ0v) is 15.3. The van der Waals surface area contributed by atoms with Crippen molar-refractivity contribution in [3.05, 3.63) is 51.3 Å². The van der Waals surface area contributed by atoms with Gasteiger partial charge in [0.1, 0.15) is 0 Å². The standard InChI is InChI=1S/C19H24N2O5/c1-4-5-10-20-17(13-8-6-7-9-14(13)21(25)26)16(18(23)19(20)24)15(22)11-12(2)3/h6-9,12,17,23H,4-5,10-11H2,1-3H3. The average Bonchev–Trinajstić information content (AvgIpc) is 2.83. The van der Waals surface area contributed by atoms with E-state index in [0.29, 0.717) is 13.0 Å². The predicted molar refractivity (Wildman–Crippen MR) is 96.6 cm³/mol. The maximum Gasteiger partial charge on any atom is 0.290 e. The van der Waals surface area contributed by atoms with Gasteiger partial charge in [0.2, 0.25) is 0 Å². The number of rotatable bonds is 8. The van der Waals surface area contributed by atoms with Gasteiger partial charge in [-0.3, -0.25) is 19.7 Å². The molecule has 0 bridgehead atoms. The number of amides is 1. The SMILES string of the molecule is CCCCN1C(=O)C(O)=C(C(=O)CC(C)C)C1c1ccccc1[N+](=O)[O-]. The summed E-state index contributed by atoms with van der Waals surface area (Å²) < 4.78 is 0. The van der Waals surface area contributed by atoms with Crippen LogP contribution in [0.2, 0.25) is 0 Å². The second-order valence-electron chi connectivity index (χ2n) is 6.85. The molecule has 1 atom stereocenters. The molecule has 0 saturated heterocycles. The first-order valence-corrected chi connectivity index (χ1v) is 8.80. The Morgan fingerprint density at radius 2 is 2.00 bits per heavy atom. The minimum Gasteiger partial charge on any atom is -0.503 e. The molecule has 26 heavy (non-hydrogen) atoms. The number of nitrogens with zero attached hydrogens (tertiary/aromatic N) is 2. The van der Waals surface area contributed by atoms with Crippen LogP contribution in [0.25, 0.3) is 0 Å². The zero-order valence-electron chi connectivity index (χ0n) is 15.3. The zero-order chi connectivity index (χ0) is 19.4. The largest absolute Gasteiger partial charge is 0.503 e. The first kappa shape index (κ1) is 19.6. The highest BCUT2D eigenvalue weighted by molar-refractivity contribution is 6.09. The molecule has 1 aromatic rings. The molecule has 1 aliphatic rings. The molecule has 140 valence electrons. The monoisotopic (exact) mass is 360 g/mol. The van der Waals surface area contributed by atoms with Crippen LogP contribution in [0, 0.1) is 16.0 Å². The molecular formula is C19H24N2O5. The first-order valence-electron chi connectivity index (χ1n) is 8.80. The topological polar surface area (TPSA) is 101 Å². The number of hydrogen-bond donors (Lipinski definition) is 1. The molecule has 0 spiro atoms. The minimum atomic E-state index is -0.929. The fourth-order valence-corrected chi connectivity index (χ4v) is 3.19. The number of aliphatic hydroxyl groups is 1. The van der Waals surface area contributed by atoms with Crippen LogP contribution in [-0.2, 0) is 9.59 Å². The summed E-state index contributed by atoms with van der Waals surface area (Å²) in [6.45, 7) is 6.00. The third-order valence-corrected chi connectivity index (χ3v) is 4.38. The molecule has 7 heteroatoms. The molecule has 1 unspecified atom stereocenters. The van der Waals surface area contributed by atoms with Crippen molar-refractivity contribution in [2.45, 2.75) is 46.1 Å². The summed E-state index contributed by atoms with van der Waals surface area (Å²) in [4.78, 5) is 37.6. The molecule has 1 aliphatic heterocycles. The smallest absolute Gasteiger partial charge is 0.290 e. The summed E-state index contributed by atoms with van der Waals surface area (Å²) in [5.74, 6) is -1.55. The van der Waals surface area contributed by atoms with Crippen LogP contribution in [-0.4, -0.2) is 33.2 Å². The van der Waals surface area contributed by atoms with Crippen molar-refractivity contribution < 1.29 is 19.6 Å². The number of nitro groups is 1. The van der Waals surface area contributed by atoms with Crippen molar-refractivity contribution in [1.82, 2.24) is 4.90 Å². The maximum atomic E-state index is 12.7. The van der Waals surface area contributed by atoms with Gasteiger partial charge in [-0.2, -0.15) is 0 Å². The Bertz CT molecular complexity index is 754.